The summed E-state index contributed by atoms with van der Waals surface area (Å²) in [6.45, 7) is 13.6. The number of rotatable bonds is 8. The van der Waals surface area contributed by atoms with Crippen LogP contribution in [0.15, 0.2) is 0 Å². The van der Waals surface area contributed by atoms with Crippen LogP contribution in [0.5, 0.6) is 0 Å². The molecule has 2 aliphatic carbocycles. The minimum absolute atomic E-state index is 0.00446. The van der Waals surface area contributed by atoms with E-state index in [9.17, 15) is 31.9 Å². The molecule has 2 fully saturated rings. The van der Waals surface area contributed by atoms with Crippen molar-refractivity contribution in [1.82, 2.24) is 16.0 Å². The first-order valence-corrected chi connectivity index (χ1v) is 14.3. The molecule has 0 radical (unpaired) electrons. The second kappa shape index (κ2) is 18.4. The van der Waals surface area contributed by atoms with Crippen molar-refractivity contribution >= 4 is 18.5 Å². The third-order valence-corrected chi connectivity index (χ3v) is 6.01. The van der Waals surface area contributed by atoms with E-state index in [2.05, 4.69) is 16.0 Å². The lowest BCUT2D eigenvalue weighted by Gasteiger charge is -2.28. The zero-order valence-electron chi connectivity index (χ0n) is 25.6. The monoisotopic (exact) mass is 600 g/mol. The summed E-state index contributed by atoms with van der Waals surface area (Å²) in [6, 6.07) is 0. The number of aldehydes is 1. The zero-order valence-corrected chi connectivity index (χ0v) is 25.6. The molecule has 13 heteroatoms. The Morgan fingerprint density at radius 3 is 1.59 bits per heavy atom. The van der Waals surface area contributed by atoms with Crippen LogP contribution in [0.2, 0.25) is 0 Å². The molecule has 5 N–H and O–H groups in total. The molecule has 0 atom stereocenters. The predicted octanol–water partition coefficient (Wildman–Crippen LogP) is 5.41. The van der Waals surface area contributed by atoms with Gasteiger partial charge in [-0.3, -0.25) is 0 Å². The van der Waals surface area contributed by atoms with E-state index in [1.54, 1.807) is 0 Å². The highest BCUT2D eigenvalue weighted by Gasteiger charge is 2.35. The molecule has 41 heavy (non-hydrogen) atoms. The lowest BCUT2D eigenvalue weighted by atomic mass is 9.87. The molecular formula is C28H52F4N4O5. The summed E-state index contributed by atoms with van der Waals surface area (Å²) < 4.78 is 60.8. The molecule has 0 aliphatic heterocycles. The van der Waals surface area contributed by atoms with Gasteiger partial charge in [0.2, 0.25) is 11.8 Å². The maximum atomic E-state index is 13.0. The van der Waals surface area contributed by atoms with Gasteiger partial charge < -0.3 is 36.0 Å². The first-order valence-electron chi connectivity index (χ1n) is 14.3. The van der Waals surface area contributed by atoms with Crippen molar-refractivity contribution in [2.45, 2.75) is 116 Å². The number of halogens is 4. The Morgan fingerprint density at radius 1 is 0.780 bits per heavy atom. The van der Waals surface area contributed by atoms with Crippen molar-refractivity contribution in [3.05, 3.63) is 0 Å². The first-order chi connectivity index (χ1) is 18.8. The van der Waals surface area contributed by atoms with Crippen LogP contribution in [-0.4, -0.2) is 74.2 Å². The van der Waals surface area contributed by atoms with Crippen LogP contribution in [-0.2, 0) is 14.3 Å². The Bertz CT molecular complexity index is 754. The fourth-order valence-corrected chi connectivity index (χ4v) is 3.86. The number of nitrogens with one attached hydrogen (secondary N) is 3. The van der Waals surface area contributed by atoms with Gasteiger partial charge in [0, 0.05) is 57.8 Å². The number of alkyl halides is 4. The number of amides is 2. The summed E-state index contributed by atoms with van der Waals surface area (Å²) in [6.07, 6.45) is 1.55. The Morgan fingerprint density at radius 2 is 1.20 bits per heavy atom. The Labute approximate surface area is 242 Å². The van der Waals surface area contributed by atoms with Crippen molar-refractivity contribution < 1.29 is 41.4 Å². The average Bonchev–Trinajstić information content (AvgIpc) is 2.82. The van der Waals surface area contributed by atoms with Gasteiger partial charge in [-0.05, 0) is 79.7 Å². The highest BCUT2D eigenvalue weighted by molar-refractivity contribution is 5.67. The molecule has 0 heterocycles. The highest BCUT2D eigenvalue weighted by Crippen LogP contribution is 2.36. The molecule has 2 saturated carbocycles. The van der Waals surface area contributed by atoms with Crippen molar-refractivity contribution in [3.63, 3.8) is 0 Å². The Hall–Kier alpha value is -2.15. The number of ether oxygens (including phenoxy) is 2. The van der Waals surface area contributed by atoms with Crippen LogP contribution >= 0.6 is 0 Å². The third-order valence-electron chi connectivity index (χ3n) is 6.01. The minimum atomic E-state index is -2.50. The maximum Gasteiger partial charge on any atom is 0.407 e. The number of hydrogen-bond donors (Lipinski definition) is 4. The van der Waals surface area contributed by atoms with Crippen LogP contribution in [0, 0.1) is 11.8 Å². The van der Waals surface area contributed by atoms with Crippen molar-refractivity contribution in [2.24, 2.45) is 17.6 Å². The third kappa shape index (κ3) is 23.1. The standard InChI is InChI=1S/C14H26F2N2O2.C7H10F2O.C7H16N2O2/c1-13(2,3)20-12(19)18-9-8-17-10-11-4-6-14(15,16)7-5-11;8-7(9)3-1-6(5-10)2-4-7;1-7(2,3)11-6(10)9-5-4-8/h11,17H,4-10H2,1-3H3,(H,18,19);5-6H,1-4H2;4-5,8H2,1-3H3,(H,9,10). The number of alkyl carbamates (subject to hydrolysis) is 2. The molecule has 242 valence electrons. The SMILES string of the molecule is CC(C)(C)OC(=O)NCCN.CC(C)(C)OC(=O)NCCNCC1CCC(F)(F)CC1.O=CC1CCC(F)(F)CC1. The molecular weight excluding hydrogens is 548 g/mol. The van der Waals surface area contributed by atoms with Crippen LogP contribution in [0.1, 0.15) is 92.9 Å². The van der Waals surface area contributed by atoms with Gasteiger partial charge in [0.15, 0.2) is 0 Å². The van der Waals surface area contributed by atoms with Gasteiger partial charge in [0.05, 0.1) is 0 Å². The lowest BCUT2D eigenvalue weighted by molar-refractivity contribution is -0.115. The second-order valence-electron chi connectivity index (χ2n) is 12.5. The molecule has 0 bridgehead atoms. The fraction of sp³-hybridized carbons (Fsp3) is 0.893. The first kappa shape index (κ1) is 38.9. The quantitative estimate of drug-likeness (QED) is 0.167. The van der Waals surface area contributed by atoms with E-state index in [1.807, 2.05) is 41.5 Å². The summed E-state index contributed by atoms with van der Waals surface area (Å²) >= 11 is 0. The van der Waals surface area contributed by atoms with E-state index in [0.717, 1.165) is 12.8 Å². The Kier molecular flexibility index (Phi) is 17.4. The number of carbonyl (C=O) groups is 3. The average molecular weight is 601 g/mol. The summed E-state index contributed by atoms with van der Waals surface area (Å²) in [4.78, 5) is 32.3. The van der Waals surface area contributed by atoms with Crippen LogP contribution in [0.3, 0.4) is 0 Å². The van der Waals surface area contributed by atoms with E-state index >= 15 is 0 Å². The van der Waals surface area contributed by atoms with Gasteiger partial charge in [-0.15, -0.1) is 0 Å². The lowest BCUT2D eigenvalue weighted by Crippen LogP contribution is -2.38. The van der Waals surface area contributed by atoms with Gasteiger partial charge in [-0.2, -0.15) is 0 Å². The molecule has 0 aromatic heterocycles. The normalized spacial score (nSPS) is 18.9. The second-order valence-corrected chi connectivity index (χ2v) is 12.5. The van der Waals surface area contributed by atoms with Crippen LogP contribution in [0.25, 0.3) is 0 Å². The van der Waals surface area contributed by atoms with E-state index < -0.39 is 35.2 Å². The van der Waals surface area contributed by atoms with Crippen LogP contribution < -0.4 is 21.7 Å². The predicted molar refractivity (Wildman–Crippen MR) is 150 cm³/mol. The summed E-state index contributed by atoms with van der Waals surface area (Å²) in [5, 5.41) is 8.33. The summed E-state index contributed by atoms with van der Waals surface area (Å²) in [5.74, 6) is -4.76. The highest BCUT2D eigenvalue weighted by atomic mass is 19.3. The molecule has 2 aliphatic rings. The van der Waals surface area contributed by atoms with E-state index in [4.69, 9.17) is 15.2 Å². The number of hydrogen-bond acceptors (Lipinski definition) is 7. The molecule has 2 rings (SSSR count). The van der Waals surface area contributed by atoms with E-state index in [-0.39, 0.29) is 31.6 Å². The Balaban J connectivity index is 0.000000643. The zero-order chi connectivity index (χ0) is 31.7. The maximum absolute atomic E-state index is 13.0. The van der Waals surface area contributed by atoms with Crippen molar-refractivity contribution in [1.29, 1.82) is 0 Å². The molecule has 0 unspecified atom stereocenters. The van der Waals surface area contributed by atoms with E-state index in [1.165, 1.54) is 0 Å². The molecule has 0 aromatic rings. The van der Waals surface area contributed by atoms with Gasteiger partial charge >= 0.3 is 12.2 Å². The minimum Gasteiger partial charge on any atom is -0.444 e. The molecule has 9 nitrogen and oxygen atoms in total. The van der Waals surface area contributed by atoms with Gasteiger partial charge in [0.25, 0.3) is 0 Å². The largest absolute Gasteiger partial charge is 0.444 e. The van der Waals surface area contributed by atoms with Gasteiger partial charge in [-0.1, -0.05) is 0 Å². The number of carbonyl (C=O) groups excluding carboxylic acids is 3. The molecule has 2 amide bonds. The topological polar surface area (TPSA) is 132 Å². The fourth-order valence-electron chi connectivity index (χ4n) is 3.86. The molecule has 0 saturated heterocycles. The van der Waals surface area contributed by atoms with Gasteiger partial charge in [0.1, 0.15) is 17.5 Å². The van der Waals surface area contributed by atoms with Crippen molar-refractivity contribution in [3.8, 4) is 0 Å². The van der Waals surface area contributed by atoms with Gasteiger partial charge in [-0.25, -0.2) is 27.2 Å². The van der Waals surface area contributed by atoms with Crippen LogP contribution in [0.4, 0.5) is 27.2 Å². The smallest absolute Gasteiger partial charge is 0.407 e. The summed E-state index contributed by atoms with van der Waals surface area (Å²) in [5.41, 5.74) is 4.24. The summed E-state index contributed by atoms with van der Waals surface area (Å²) in [7, 11) is 0. The molecule has 0 aromatic carbocycles. The number of nitrogens with two attached hydrogens (primary N) is 1. The molecule has 0 spiro atoms. The van der Waals surface area contributed by atoms with E-state index in [0.29, 0.717) is 57.8 Å². The van der Waals surface area contributed by atoms with Crippen molar-refractivity contribution in [2.75, 3.05) is 32.7 Å².